The van der Waals surface area contributed by atoms with Gasteiger partial charge >= 0.3 is 0 Å². The number of rotatable bonds is 1. The van der Waals surface area contributed by atoms with Crippen LogP contribution in [0.5, 0.6) is 0 Å². The van der Waals surface area contributed by atoms with Crippen molar-refractivity contribution in [2.45, 2.75) is 6.92 Å². The van der Waals surface area contributed by atoms with Gasteiger partial charge in [0.1, 0.15) is 0 Å². The highest BCUT2D eigenvalue weighted by atomic mass is 19.2. The van der Waals surface area contributed by atoms with Crippen LogP contribution in [0.15, 0.2) is 0 Å². The molecule has 0 saturated heterocycles. The van der Waals surface area contributed by atoms with Gasteiger partial charge in [-0.25, -0.2) is 0 Å². The molecule has 26 valence electrons. The summed E-state index contributed by atoms with van der Waals surface area (Å²) < 4.78 is 10.5. The molecule has 0 heterocycles. The van der Waals surface area contributed by atoms with E-state index in [1.54, 1.807) is 6.92 Å². The van der Waals surface area contributed by atoms with E-state index in [2.05, 4.69) is 0 Å². The molecule has 0 bridgehead atoms. The Balaban J connectivity index is 1.97. The van der Waals surface area contributed by atoms with Gasteiger partial charge in [-0.15, -0.1) is 4.48 Å². The minimum absolute atomic E-state index is 0.403. The molecule has 0 unspecified atom stereocenters. The van der Waals surface area contributed by atoms with Crippen molar-refractivity contribution in [1.29, 1.82) is 0 Å². The smallest absolute Gasteiger partial charge is 0.0231 e. The van der Waals surface area contributed by atoms with E-state index in [0.29, 0.717) is 6.54 Å². The predicted octanol–water partition coefficient (Wildman–Crippen LogP) is 0.480. The fraction of sp³-hybridized carbons (Fsp3) is 1.00. The summed E-state index contributed by atoms with van der Waals surface area (Å²) >= 11 is 0. The van der Waals surface area contributed by atoms with E-state index in [-0.39, 0.29) is 0 Å². The Morgan fingerprint density at radius 3 is 2.25 bits per heavy atom. The first-order valence-electron chi connectivity index (χ1n) is 1.25. The van der Waals surface area contributed by atoms with Crippen LogP contribution in [0, 0.1) is 0 Å². The minimum Gasteiger partial charge on any atom is -0.160 e. The van der Waals surface area contributed by atoms with E-state index < -0.39 is 0 Å². The highest BCUT2D eigenvalue weighted by molar-refractivity contribution is 4.05. The molecule has 0 saturated carbocycles. The van der Waals surface area contributed by atoms with Crippen molar-refractivity contribution in [2.75, 3.05) is 6.54 Å². The lowest BCUT2D eigenvalue weighted by Crippen LogP contribution is -1.93. The molecule has 1 nitrogen and oxygen atoms in total. The third-order valence-corrected chi connectivity index (χ3v) is 0.134. The molecule has 0 aliphatic heterocycles. The van der Waals surface area contributed by atoms with Crippen LogP contribution in [0.3, 0.4) is 0 Å². The first-order valence-corrected chi connectivity index (χ1v) is 1.25. The molecule has 0 amide bonds. The Labute approximate surface area is 24.8 Å². The van der Waals surface area contributed by atoms with E-state index in [1.807, 2.05) is 0 Å². The number of hydrogen-bond acceptors (Lipinski definition) is 1. The van der Waals surface area contributed by atoms with Gasteiger partial charge in [-0.2, -0.15) is 5.54 Å². The molecule has 0 fully saturated rings. The highest BCUT2D eigenvalue weighted by Gasteiger charge is 1.55. The largest absolute Gasteiger partial charge is 0.160 e. The van der Waals surface area contributed by atoms with Crippen LogP contribution in [0.25, 0.3) is 0 Å². The van der Waals surface area contributed by atoms with Crippen LogP contribution >= 0.6 is 0 Å². The number of hydrogen-bond donors (Lipinski definition) is 1. The summed E-state index contributed by atoms with van der Waals surface area (Å²) in [5, 5.41) is 0. The second kappa shape index (κ2) is 2.89. The van der Waals surface area contributed by atoms with Gasteiger partial charge in [0.25, 0.3) is 0 Å². The zero-order chi connectivity index (χ0) is 3.41. The van der Waals surface area contributed by atoms with E-state index in [4.69, 9.17) is 0 Å². The first-order chi connectivity index (χ1) is 1.91. The van der Waals surface area contributed by atoms with Crippen molar-refractivity contribution in [1.82, 2.24) is 5.54 Å². The van der Waals surface area contributed by atoms with Crippen molar-refractivity contribution >= 4 is 0 Å². The number of halogens is 1. The highest BCUT2D eigenvalue weighted by Crippen LogP contribution is 1.44. The molecule has 0 atom stereocenters. The second-order valence-electron chi connectivity index (χ2n) is 0.487. The van der Waals surface area contributed by atoms with Gasteiger partial charge in [0.15, 0.2) is 0 Å². The van der Waals surface area contributed by atoms with Crippen molar-refractivity contribution in [3.63, 3.8) is 0 Å². The van der Waals surface area contributed by atoms with Crippen LogP contribution in [0.1, 0.15) is 6.92 Å². The third kappa shape index (κ3) is 1.89. The molecular formula is C2H6FN. The Hall–Kier alpha value is -0.110. The predicted molar refractivity (Wildman–Crippen MR) is 14.8 cm³/mol. The molecule has 0 spiro atoms. The number of nitrogens with one attached hydrogen (secondary N) is 1. The Morgan fingerprint density at radius 2 is 2.25 bits per heavy atom. The van der Waals surface area contributed by atoms with E-state index in [0.717, 1.165) is 0 Å². The lowest BCUT2D eigenvalue weighted by Gasteiger charge is -1.70. The lowest BCUT2D eigenvalue weighted by atomic mass is 10.8. The fourth-order valence-electron chi connectivity index (χ4n) is 0. The molecule has 0 radical (unpaired) electrons. The molecule has 0 aromatic rings. The van der Waals surface area contributed by atoms with Crippen molar-refractivity contribution in [2.24, 2.45) is 0 Å². The fourth-order valence-corrected chi connectivity index (χ4v) is 0. The quantitative estimate of drug-likeness (QED) is 0.436. The normalized spacial score (nSPS) is 7.50. The molecule has 0 aromatic heterocycles. The van der Waals surface area contributed by atoms with E-state index >= 15 is 0 Å². The summed E-state index contributed by atoms with van der Waals surface area (Å²) in [6, 6.07) is 0. The van der Waals surface area contributed by atoms with Gasteiger partial charge in [0, 0.05) is 6.54 Å². The molecule has 1 N–H and O–H groups in total. The second-order valence-corrected chi connectivity index (χ2v) is 0.487. The summed E-state index contributed by atoms with van der Waals surface area (Å²) in [7, 11) is 0. The topological polar surface area (TPSA) is 12.0 Å². The average Bonchev–Trinajstić information content (AvgIpc) is 1.37. The van der Waals surface area contributed by atoms with Crippen LogP contribution in [0.4, 0.5) is 4.48 Å². The minimum atomic E-state index is 0.403. The van der Waals surface area contributed by atoms with Gasteiger partial charge in [-0.05, 0) is 0 Å². The Morgan fingerprint density at radius 1 is 2.00 bits per heavy atom. The molecular weight excluding hydrogens is 57.0 g/mol. The van der Waals surface area contributed by atoms with E-state index in [9.17, 15) is 4.48 Å². The molecule has 0 aliphatic carbocycles. The first kappa shape index (κ1) is 3.89. The molecule has 0 aliphatic rings. The van der Waals surface area contributed by atoms with Crippen molar-refractivity contribution in [3.05, 3.63) is 0 Å². The average molecular weight is 63.1 g/mol. The summed E-state index contributed by atoms with van der Waals surface area (Å²) in [5.41, 5.74) is 1.43. The summed E-state index contributed by atoms with van der Waals surface area (Å²) in [6.07, 6.45) is 0. The van der Waals surface area contributed by atoms with Gasteiger partial charge in [0.05, 0.1) is 0 Å². The monoisotopic (exact) mass is 63.0 g/mol. The maximum Gasteiger partial charge on any atom is 0.0231 e. The van der Waals surface area contributed by atoms with Crippen LogP contribution in [0.2, 0.25) is 0 Å². The molecule has 4 heavy (non-hydrogen) atoms. The van der Waals surface area contributed by atoms with Crippen molar-refractivity contribution < 1.29 is 4.48 Å². The molecule has 2 heteroatoms. The standard InChI is InChI=1S/C2H6FN/c1-2-4-3/h4H,2H2,1H3. The summed E-state index contributed by atoms with van der Waals surface area (Å²) in [4.78, 5) is 0. The third-order valence-electron chi connectivity index (χ3n) is 0.134. The van der Waals surface area contributed by atoms with Crippen molar-refractivity contribution in [3.8, 4) is 0 Å². The zero-order valence-electron chi connectivity index (χ0n) is 2.59. The van der Waals surface area contributed by atoms with Gasteiger partial charge in [-0.3, -0.25) is 0 Å². The van der Waals surface area contributed by atoms with Gasteiger partial charge in [0.2, 0.25) is 0 Å². The Kier molecular flexibility index (Phi) is 2.81. The maximum atomic E-state index is 10.5. The van der Waals surface area contributed by atoms with Gasteiger partial charge < -0.3 is 0 Å². The van der Waals surface area contributed by atoms with Gasteiger partial charge in [-0.1, -0.05) is 6.92 Å². The lowest BCUT2D eigenvalue weighted by molar-refractivity contribution is 0.346. The summed E-state index contributed by atoms with van der Waals surface area (Å²) in [5.74, 6) is 0. The SMILES string of the molecule is CCNF. The van der Waals surface area contributed by atoms with Crippen LogP contribution < -0.4 is 5.54 Å². The van der Waals surface area contributed by atoms with Crippen LogP contribution in [-0.2, 0) is 0 Å². The Bertz CT molecular complexity index is 8.00. The molecule has 0 aromatic carbocycles. The van der Waals surface area contributed by atoms with Crippen LogP contribution in [-0.4, -0.2) is 6.54 Å². The molecule has 0 rings (SSSR count). The summed E-state index contributed by atoms with van der Waals surface area (Å²) in [6.45, 7) is 2.10. The zero-order valence-corrected chi connectivity index (χ0v) is 2.59. The van der Waals surface area contributed by atoms with E-state index in [1.165, 1.54) is 5.54 Å². The maximum absolute atomic E-state index is 10.5.